The van der Waals surface area contributed by atoms with E-state index in [-0.39, 0.29) is 6.03 Å². The molecule has 2 amide bonds. The van der Waals surface area contributed by atoms with Crippen molar-refractivity contribution in [3.8, 4) is 11.3 Å². The van der Waals surface area contributed by atoms with Gasteiger partial charge in [-0.25, -0.2) is 9.78 Å². The highest BCUT2D eigenvalue weighted by atomic mass is 32.1. The molecule has 130 valence electrons. The van der Waals surface area contributed by atoms with E-state index < -0.39 is 0 Å². The van der Waals surface area contributed by atoms with Crippen LogP contribution in [0.4, 0.5) is 9.93 Å². The van der Waals surface area contributed by atoms with E-state index in [0.717, 1.165) is 17.8 Å². The lowest BCUT2D eigenvalue weighted by atomic mass is 10.2. The van der Waals surface area contributed by atoms with Gasteiger partial charge >= 0.3 is 6.03 Å². The fourth-order valence-corrected chi connectivity index (χ4v) is 3.34. The van der Waals surface area contributed by atoms with Gasteiger partial charge in [0.2, 0.25) is 0 Å². The molecule has 0 atom stereocenters. The number of carbonyl (C=O) groups is 1. The van der Waals surface area contributed by atoms with Crippen LogP contribution in [-0.4, -0.2) is 41.1 Å². The number of hydrogen-bond acceptors (Lipinski definition) is 4. The molecule has 1 heterocycles. The Morgan fingerprint density at radius 1 is 1.17 bits per heavy atom. The summed E-state index contributed by atoms with van der Waals surface area (Å²) in [5.74, 6) is 0. The van der Waals surface area contributed by atoms with Gasteiger partial charge in [-0.15, -0.1) is 11.3 Å². The van der Waals surface area contributed by atoms with Gasteiger partial charge in [-0.3, -0.25) is 10.2 Å². The molecule has 0 saturated heterocycles. The molecule has 1 aromatic heterocycles. The largest absolute Gasteiger partial charge is 0.337 e. The topological polar surface area (TPSA) is 57.3 Å². The Morgan fingerprint density at radius 2 is 1.83 bits per heavy atom. The molecule has 1 aromatic carbocycles. The number of anilines is 1. The van der Waals surface area contributed by atoms with E-state index in [1.807, 2.05) is 35.7 Å². The van der Waals surface area contributed by atoms with Crippen LogP contribution in [0.2, 0.25) is 0 Å². The van der Waals surface area contributed by atoms with E-state index in [1.165, 1.54) is 11.3 Å². The second-order valence-corrected chi connectivity index (χ2v) is 7.07. The quantitative estimate of drug-likeness (QED) is 0.795. The van der Waals surface area contributed by atoms with E-state index in [2.05, 4.69) is 48.2 Å². The first-order chi connectivity index (χ1) is 11.5. The van der Waals surface area contributed by atoms with Crippen molar-refractivity contribution in [3.05, 3.63) is 35.7 Å². The first kappa shape index (κ1) is 18.4. The number of nitrogens with zero attached hydrogens (tertiary/aromatic N) is 2. The summed E-state index contributed by atoms with van der Waals surface area (Å²) in [5.41, 5.74) is 1.92. The summed E-state index contributed by atoms with van der Waals surface area (Å²) in [5, 5.41) is 8.25. The van der Waals surface area contributed by atoms with Crippen LogP contribution in [0.1, 0.15) is 27.7 Å². The third-order valence-corrected chi connectivity index (χ3v) is 4.53. The van der Waals surface area contributed by atoms with Gasteiger partial charge in [0.1, 0.15) is 0 Å². The van der Waals surface area contributed by atoms with Crippen LogP contribution in [0, 0.1) is 0 Å². The number of hydrogen-bond donors (Lipinski definition) is 2. The molecule has 0 aliphatic rings. The van der Waals surface area contributed by atoms with Gasteiger partial charge in [0.15, 0.2) is 5.13 Å². The van der Waals surface area contributed by atoms with Crippen molar-refractivity contribution in [1.29, 1.82) is 0 Å². The number of amides is 2. The minimum Gasteiger partial charge on any atom is -0.337 e. The molecule has 24 heavy (non-hydrogen) atoms. The average Bonchev–Trinajstić information content (AvgIpc) is 3.00. The van der Waals surface area contributed by atoms with Crippen molar-refractivity contribution >= 4 is 22.5 Å². The maximum Gasteiger partial charge on any atom is 0.321 e. The molecule has 0 aliphatic carbocycles. The molecular weight excluding hydrogens is 320 g/mol. The third kappa shape index (κ3) is 5.32. The van der Waals surface area contributed by atoms with Crippen molar-refractivity contribution in [2.24, 2.45) is 0 Å². The van der Waals surface area contributed by atoms with E-state index in [4.69, 9.17) is 0 Å². The van der Waals surface area contributed by atoms with Crippen LogP contribution in [0.3, 0.4) is 0 Å². The minimum atomic E-state index is -0.212. The molecule has 0 saturated carbocycles. The Bertz CT molecular complexity index is 631. The van der Waals surface area contributed by atoms with E-state index in [0.29, 0.717) is 23.8 Å². The molecule has 0 unspecified atom stereocenters. The van der Waals surface area contributed by atoms with E-state index in [9.17, 15) is 4.79 Å². The molecule has 0 spiro atoms. The Kier molecular flexibility index (Phi) is 6.75. The van der Waals surface area contributed by atoms with Crippen molar-refractivity contribution < 1.29 is 4.79 Å². The smallest absolute Gasteiger partial charge is 0.321 e. The highest BCUT2D eigenvalue weighted by Gasteiger charge is 2.13. The lowest BCUT2D eigenvalue weighted by Gasteiger charge is -2.30. The third-order valence-electron chi connectivity index (χ3n) is 3.78. The summed E-state index contributed by atoms with van der Waals surface area (Å²) in [6.07, 6.45) is 0. The summed E-state index contributed by atoms with van der Waals surface area (Å²) < 4.78 is 0. The second kappa shape index (κ2) is 8.80. The average molecular weight is 347 g/mol. The lowest BCUT2D eigenvalue weighted by molar-refractivity contribution is 0.176. The molecular formula is C18H26N4OS. The van der Waals surface area contributed by atoms with Gasteiger partial charge in [-0.05, 0) is 27.7 Å². The van der Waals surface area contributed by atoms with Crippen LogP contribution >= 0.6 is 11.3 Å². The number of carbonyl (C=O) groups excluding carboxylic acids is 1. The number of rotatable bonds is 7. The van der Waals surface area contributed by atoms with Gasteiger partial charge in [0.05, 0.1) is 5.69 Å². The molecule has 2 aromatic rings. The summed E-state index contributed by atoms with van der Waals surface area (Å²) >= 11 is 1.43. The summed E-state index contributed by atoms with van der Waals surface area (Å²) in [6, 6.07) is 10.6. The van der Waals surface area contributed by atoms with Gasteiger partial charge in [-0.1, -0.05) is 30.3 Å². The number of thiazole rings is 1. The number of aromatic nitrogens is 1. The van der Waals surface area contributed by atoms with Crippen LogP contribution in [-0.2, 0) is 0 Å². The van der Waals surface area contributed by atoms with E-state index in [1.54, 1.807) is 0 Å². The molecule has 0 fully saturated rings. The first-order valence-electron chi connectivity index (χ1n) is 8.29. The van der Waals surface area contributed by atoms with Crippen LogP contribution in [0.15, 0.2) is 35.7 Å². The van der Waals surface area contributed by atoms with Gasteiger partial charge < -0.3 is 5.32 Å². The zero-order chi connectivity index (χ0) is 17.5. The van der Waals surface area contributed by atoms with Gasteiger partial charge in [0, 0.05) is 36.1 Å². The monoisotopic (exact) mass is 346 g/mol. The maximum atomic E-state index is 12.0. The fourth-order valence-electron chi connectivity index (χ4n) is 2.63. The summed E-state index contributed by atoms with van der Waals surface area (Å²) in [7, 11) is 0. The van der Waals surface area contributed by atoms with Gasteiger partial charge in [0.25, 0.3) is 0 Å². The Morgan fingerprint density at radius 3 is 2.46 bits per heavy atom. The standard InChI is InChI=1S/C18H26N4OS/c1-13(2)22(14(3)4)11-10-19-17(23)21-18-20-16(12-24-18)15-8-6-5-7-9-15/h5-9,12-14H,10-11H2,1-4H3,(H2,19,20,21,23). The molecule has 2 N–H and O–H groups in total. The molecule has 2 rings (SSSR count). The molecule has 0 bridgehead atoms. The van der Waals surface area contributed by atoms with Gasteiger partial charge in [-0.2, -0.15) is 0 Å². The molecule has 5 nitrogen and oxygen atoms in total. The van der Waals surface area contributed by atoms with E-state index >= 15 is 0 Å². The van der Waals surface area contributed by atoms with Crippen LogP contribution in [0.25, 0.3) is 11.3 Å². The highest BCUT2D eigenvalue weighted by Crippen LogP contribution is 2.24. The normalized spacial score (nSPS) is 11.3. The summed E-state index contributed by atoms with van der Waals surface area (Å²) in [6.45, 7) is 10.1. The molecule has 6 heteroatoms. The minimum absolute atomic E-state index is 0.212. The predicted molar refractivity (Wildman–Crippen MR) is 102 cm³/mol. The second-order valence-electron chi connectivity index (χ2n) is 6.21. The highest BCUT2D eigenvalue weighted by molar-refractivity contribution is 7.14. The van der Waals surface area contributed by atoms with Crippen molar-refractivity contribution in [1.82, 2.24) is 15.2 Å². The maximum absolute atomic E-state index is 12.0. The summed E-state index contributed by atoms with van der Waals surface area (Å²) in [4.78, 5) is 18.8. The van der Waals surface area contributed by atoms with Crippen molar-refractivity contribution in [2.45, 2.75) is 39.8 Å². The number of benzene rings is 1. The molecule has 0 radical (unpaired) electrons. The van der Waals surface area contributed by atoms with Crippen LogP contribution in [0.5, 0.6) is 0 Å². The fraction of sp³-hybridized carbons (Fsp3) is 0.444. The van der Waals surface area contributed by atoms with Crippen LogP contribution < -0.4 is 10.6 Å². The lowest BCUT2D eigenvalue weighted by Crippen LogP contribution is -2.43. The number of urea groups is 1. The Balaban J connectivity index is 1.82. The Hall–Kier alpha value is -1.92. The first-order valence-corrected chi connectivity index (χ1v) is 9.17. The zero-order valence-electron chi connectivity index (χ0n) is 14.7. The zero-order valence-corrected chi connectivity index (χ0v) is 15.6. The SMILES string of the molecule is CC(C)N(CCNC(=O)Nc1nc(-c2ccccc2)cs1)C(C)C. The Labute approximate surface area is 148 Å². The van der Waals surface area contributed by atoms with Crippen molar-refractivity contribution in [2.75, 3.05) is 18.4 Å². The van der Waals surface area contributed by atoms with Crippen molar-refractivity contribution in [3.63, 3.8) is 0 Å². The molecule has 0 aliphatic heterocycles. The number of nitrogens with one attached hydrogen (secondary N) is 2. The predicted octanol–water partition coefficient (Wildman–Crippen LogP) is 4.05.